The molecule has 150 valence electrons. The van der Waals surface area contributed by atoms with Crippen molar-refractivity contribution in [3.05, 3.63) is 77.9 Å². The Kier molecular flexibility index (Phi) is 6.63. The maximum Gasteiger partial charge on any atom is 0.269 e. The zero-order valence-corrected chi connectivity index (χ0v) is 16.2. The molecule has 0 aliphatic rings. The summed E-state index contributed by atoms with van der Waals surface area (Å²) in [5.41, 5.74) is 2.72. The molecule has 7 heteroatoms. The number of amides is 1. The summed E-state index contributed by atoms with van der Waals surface area (Å²) in [5, 5.41) is 5.98. The van der Waals surface area contributed by atoms with Crippen LogP contribution >= 0.6 is 0 Å². The lowest BCUT2D eigenvalue weighted by molar-refractivity contribution is 0.0949. The number of anilines is 2. The summed E-state index contributed by atoms with van der Waals surface area (Å²) in [6, 6.07) is 15.0. The van der Waals surface area contributed by atoms with Crippen molar-refractivity contribution < 1.29 is 18.7 Å². The van der Waals surface area contributed by atoms with E-state index in [4.69, 9.17) is 9.47 Å². The van der Waals surface area contributed by atoms with Crippen LogP contribution < -0.4 is 20.1 Å². The Bertz CT molecular complexity index is 977. The third kappa shape index (κ3) is 5.44. The van der Waals surface area contributed by atoms with E-state index >= 15 is 0 Å². The molecule has 0 atom stereocenters. The third-order valence-electron chi connectivity index (χ3n) is 4.27. The molecule has 0 aliphatic carbocycles. The second-order valence-corrected chi connectivity index (χ2v) is 6.26. The standard InChI is InChI=1S/C22H22FN3O3/c1-28-20-8-3-15(13-21(20)29-2)9-11-25-22(27)19-14-18(10-12-24-19)26-17-6-4-16(23)5-7-17/h3-8,10,12-14H,9,11H2,1-2H3,(H,24,26)(H,25,27). The topological polar surface area (TPSA) is 72.5 Å². The van der Waals surface area contributed by atoms with Gasteiger partial charge in [0, 0.05) is 24.1 Å². The normalized spacial score (nSPS) is 10.3. The molecule has 0 radical (unpaired) electrons. The number of aromatic nitrogens is 1. The number of ether oxygens (including phenoxy) is 2. The zero-order valence-electron chi connectivity index (χ0n) is 16.2. The highest BCUT2D eigenvalue weighted by molar-refractivity contribution is 5.93. The molecule has 2 aromatic carbocycles. The Morgan fingerprint density at radius 2 is 1.72 bits per heavy atom. The quantitative estimate of drug-likeness (QED) is 0.604. The van der Waals surface area contributed by atoms with Crippen molar-refractivity contribution in [2.75, 3.05) is 26.1 Å². The third-order valence-corrected chi connectivity index (χ3v) is 4.27. The molecule has 2 N–H and O–H groups in total. The van der Waals surface area contributed by atoms with Gasteiger partial charge in [-0.05, 0) is 60.5 Å². The average molecular weight is 395 g/mol. The SMILES string of the molecule is COc1ccc(CCNC(=O)c2cc(Nc3ccc(F)cc3)ccn2)cc1OC. The van der Waals surface area contributed by atoms with Gasteiger partial charge in [0.25, 0.3) is 5.91 Å². The van der Waals surface area contributed by atoms with Crippen LogP contribution in [0, 0.1) is 5.82 Å². The minimum absolute atomic E-state index is 0.270. The molecule has 6 nitrogen and oxygen atoms in total. The van der Waals surface area contributed by atoms with E-state index in [0.717, 1.165) is 11.3 Å². The van der Waals surface area contributed by atoms with Crippen LogP contribution in [-0.4, -0.2) is 31.7 Å². The summed E-state index contributed by atoms with van der Waals surface area (Å²) in [4.78, 5) is 16.5. The highest BCUT2D eigenvalue weighted by Crippen LogP contribution is 2.27. The van der Waals surface area contributed by atoms with E-state index in [1.54, 1.807) is 44.7 Å². The largest absolute Gasteiger partial charge is 0.493 e. The second-order valence-electron chi connectivity index (χ2n) is 6.26. The Balaban J connectivity index is 1.57. The molecule has 0 spiro atoms. The highest BCUT2D eigenvalue weighted by Gasteiger charge is 2.09. The molecule has 0 saturated carbocycles. The van der Waals surface area contributed by atoms with Crippen LogP contribution in [0.5, 0.6) is 11.5 Å². The lowest BCUT2D eigenvalue weighted by atomic mass is 10.1. The van der Waals surface area contributed by atoms with Crippen LogP contribution in [0.3, 0.4) is 0 Å². The second kappa shape index (κ2) is 9.54. The van der Waals surface area contributed by atoms with Crippen LogP contribution in [0.25, 0.3) is 0 Å². The number of hydrogen-bond acceptors (Lipinski definition) is 5. The Labute approximate surface area is 168 Å². The number of methoxy groups -OCH3 is 2. The van der Waals surface area contributed by atoms with Crippen LogP contribution in [0.15, 0.2) is 60.8 Å². The van der Waals surface area contributed by atoms with Crippen molar-refractivity contribution in [2.45, 2.75) is 6.42 Å². The first-order valence-electron chi connectivity index (χ1n) is 9.07. The van der Waals surface area contributed by atoms with E-state index in [2.05, 4.69) is 15.6 Å². The van der Waals surface area contributed by atoms with Gasteiger partial charge < -0.3 is 20.1 Å². The number of pyridine rings is 1. The Morgan fingerprint density at radius 3 is 2.45 bits per heavy atom. The zero-order chi connectivity index (χ0) is 20.6. The predicted octanol–water partition coefficient (Wildman–Crippen LogP) is 3.95. The molecule has 3 aromatic rings. The molecule has 0 saturated heterocycles. The van der Waals surface area contributed by atoms with Gasteiger partial charge in [0.15, 0.2) is 11.5 Å². The molecule has 3 rings (SSSR count). The van der Waals surface area contributed by atoms with Crippen LogP contribution in [0.4, 0.5) is 15.8 Å². The summed E-state index contributed by atoms with van der Waals surface area (Å²) < 4.78 is 23.5. The van der Waals surface area contributed by atoms with E-state index in [0.29, 0.717) is 35.8 Å². The van der Waals surface area contributed by atoms with Gasteiger partial charge in [0.2, 0.25) is 0 Å². The predicted molar refractivity (Wildman–Crippen MR) is 110 cm³/mol. The molecule has 0 bridgehead atoms. The van der Waals surface area contributed by atoms with Gasteiger partial charge >= 0.3 is 0 Å². The number of hydrogen-bond donors (Lipinski definition) is 2. The smallest absolute Gasteiger partial charge is 0.269 e. The number of benzene rings is 2. The number of rotatable bonds is 8. The molecule has 29 heavy (non-hydrogen) atoms. The van der Waals surface area contributed by atoms with E-state index in [1.165, 1.54) is 12.1 Å². The van der Waals surface area contributed by atoms with Crippen molar-refractivity contribution in [3.63, 3.8) is 0 Å². The van der Waals surface area contributed by atoms with Gasteiger partial charge in [-0.1, -0.05) is 6.07 Å². The minimum Gasteiger partial charge on any atom is -0.493 e. The van der Waals surface area contributed by atoms with Gasteiger partial charge in [-0.15, -0.1) is 0 Å². The fourth-order valence-corrected chi connectivity index (χ4v) is 2.78. The van der Waals surface area contributed by atoms with Gasteiger partial charge in [-0.2, -0.15) is 0 Å². The average Bonchev–Trinajstić information content (AvgIpc) is 2.75. The van der Waals surface area contributed by atoms with E-state index < -0.39 is 0 Å². The molecule has 0 unspecified atom stereocenters. The number of halogens is 1. The maximum absolute atomic E-state index is 13.0. The molecule has 1 amide bonds. The van der Waals surface area contributed by atoms with Crippen molar-refractivity contribution in [2.24, 2.45) is 0 Å². The first-order valence-corrected chi connectivity index (χ1v) is 9.07. The van der Waals surface area contributed by atoms with Gasteiger partial charge in [0.1, 0.15) is 11.5 Å². The number of carbonyl (C=O) groups excluding carboxylic acids is 1. The van der Waals surface area contributed by atoms with Crippen LogP contribution in [0.1, 0.15) is 16.1 Å². The molecule has 0 aliphatic heterocycles. The molecular weight excluding hydrogens is 373 g/mol. The summed E-state index contributed by atoms with van der Waals surface area (Å²) in [5.74, 6) is 0.737. The molecule has 0 fully saturated rings. The highest BCUT2D eigenvalue weighted by atomic mass is 19.1. The van der Waals surface area contributed by atoms with Gasteiger partial charge in [0.05, 0.1) is 14.2 Å². The fourth-order valence-electron chi connectivity index (χ4n) is 2.78. The van der Waals surface area contributed by atoms with Crippen molar-refractivity contribution in [1.82, 2.24) is 10.3 Å². The number of carbonyl (C=O) groups is 1. The Morgan fingerprint density at radius 1 is 0.966 bits per heavy atom. The van der Waals surface area contributed by atoms with Crippen molar-refractivity contribution in [1.29, 1.82) is 0 Å². The first-order chi connectivity index (χ1) is 14.1. The monoisotopic (exact) mass is 395 g/mol. The summed E-state index contributed by atoms with van der Waals surface area (Å²) in [6.45, 7) is 0.450. The number of nitrogens with zero attached hydrogens (tertiary/aromatic N) is 1. The van der Waals surface area contributed by atoms with Crippen LogP contribution in [-0.2, 0) is 6.42 Å². The van der Waals surface area contributed by atoms with Gasteiger partial charge in [-0.3, -0.25) is 9.78 Å². The van der Waals surface area contributed by atoms with Crippen molar-refractivity contribution >= 4 is 17.3 Å². The Hall–Kier alpha value is -3.61. The van der Waals surface area contributed by atoms with Crippen LogP contribution in [0.2, 0.25) is 0 Å². The summed E-state index contributed by atoms with van der Waals surface area (Å²) in [7, 11) is 3.17. The minimum atomic E-state index is -0.306. The summed E-state index contributed by atoms with van der Waals surface area (Å²) in [6.07, 6.45) is 2.19. The van der Waals surface area contributed by atoms with Crippen molar-refractivity contribution in [3.8, 4) is 11.5 Å². The fraction of sp³-hybridized carbons (Fsp3) is 0.182. The molecular formula is C22H22FN3O3. The lowest BCUT2D eigenvalue weighted by Gasteiger charge is -2.10. The maximum atomic E-state index is 13.0. The molecule has 1 heterocycles. The number of nitrogens with one attached hydrogen (secondary N) is 2. The summed E-state index contributed by atoms with van der Waals surface area (Å²) >= 11 is 0. The first kappa shape index (κ1) is 20.1. The van der Waals surface area contributed by atoms with E-state index in [9.17, 15) is 9.18 Å². The van der Waals surface area contributed by atoms with Gasteiger partial charge in [-0.25, -0.2) is 4.39 Å². The molecule has 1 aromatic heterocycles. The van der Waals surface area contributed by atoms with E-state index in [1.807, 2.05) is 18.2 Å². The van der Waals surface area contributed by atoms with E-state index in [-0.39, 0.29) is 11.7 Å². The lowest BCUT2D eigenvalue weighted by Crippen LogP contribution is -2.26.